The van der Waals surface area contributed by atoms with Crippen LogP contribution in [0.25, 0.3) is 0 Å². The van der Waals surface area contributed by atoms with Gasteiger partial charge in [0, 0.05) is 30.3 Å². The smallest absolute Gasteiger partial charge is 0.251 e. The van der Waals surface area contributed by atoms with Gasteiger partial charge in [-0.2, -0.15) is 0 Å². The summed E-state index contributed by atoms with van der Waals surface area (Å²) < 4.78 is 5.67. The van der Waals surface area contributed by atoms with Crippen molar-refractivity contribution >= 4 is 11.6 Å². The van der Waals surface area contributed by atoms with Gasteiger partial charge in [0.2, 0.25) is 0 Å². The predicted octanol–water partition coefficient (Wildman–Crippen LogP) is 2.98. The standard InChI is InChI=1S/C17H18N2O2/c1-18-17(20)12-5-4-6-13(11-12)19-15-9-10-21-16-8-3-2-7-14(15)16/h2-8,11,15,19H,9-10H2,1H3,(H,18,20). The maximum Gasteiger partial charge on any atom is 0.251 e. The van der Waals surface area contributed by atoms with Crippen molar-refractivity contribution < 1.29 is 9.53 Å². The highest BCUT2D eigenvalue weighted by Crippen LogP contribution is 2.34. The van der Waals surface area contributed by atoms with Gasteiger partial charge in [-0.05, 0) is 24.3 Å². The molecule has 21 heavy (non-hydrogen) atoms. The topological polar surface area (TPSA) is 50.4 Å². The first-order valence-corrected chi connectivity index (χ1v) is 7.08. The van der Waals surface area contributed by atoms with Gasteiger partial charge in [0.15, 0.2) is 0 Å². The highest BCUT2D eigenvalue weighted by Gasteiger charge is 2.20. The molecule has 1 heterocycles. The summed E-state index contributed by atoms with van der Waals surface area (Å²) in [5.41, 5.74) is 2.76. The van der Waals surface area contributed by atoms with Gasteiger partial charge in [-0.1, -0.05) is 24.3 Å². The molecule has 1 aliphatic rings. The van der Waals surface area contributed by atoms with E-state index in [1.807, 2.05) is 42.5 Å². The van der Waals surface area contributed by atoms with Gasteiger partial charge >= 0.3 is 0 Å². The van der Waals surface area contributed by atoms with Gasteiger partial charge in [0.05, 0.1) is 12.6 Å². The molecule has 1 aliphatic heterocycles. The molecule has 2 aromatic carbocycles. The van der Waals surface area contributed by atoms with Crippen molar-refractivity contribution in [3.63, 3.8) is 0 Å². The Morgan fingerprint density at radius 2 is 2.05 bits per heavy atom. The number of rotatable bonds is 3. The first-order valence-electron chi connectivity index (χ1n) is 7.08. The SMILES string of the molecule is CNC(=O)c1cccc(NC2CCOc3ccccc32)c1. The molecule has 1 amide bonds. The van der Waals surface area contributed by atoms with E-state index in [1.54, 1.807) is 7.05 Å². The Bertz CT molecular complexity index is 655. The Morgan fingerprint density at radius 1 is 1.19 bits per heavy atom. The van der Waals surface area contributed by atoms with Crippen molar-refractivity contribution in [1.82, 2.24) is 5.32 Å². The molecule has 0 saturated carbocycles. The average Bonchev–Trinajstić information content (AvgIpc) is 2.55. The maximum absolute atomic E-state index is 11.7. The molecule has 3 rings (SSSR count). The van der Waals surface area contributed by atoms with Crippen LogP contribution in [0.1, 0.15) is 28.4 Å². The van der Waals surface area contributed by atoms with Crippen molar-refractivity contribution in [2.24, 2.45) is 0 Å². The largest absolute Gasteiger partial charge is 0.493 e. The number of nitrogens with one attached hydrogen (secondary N) is 2. The molecule has 0 spiro atoms. The average molecular weight is 282 g/mol. The van der Waals surface area contributed by atoms with E-state index >= 15 is 0 Å². The number of anilines is 1. The molecule has 0 saturated heterocycles. The van der Waals surface area contributed by atoms with Crippen molar-refractivity contribution in [3.8, 4) is 5.75 Å². The normalized spacial score (nSPS) is 16.5. The van der Waals surface area contributed by atoms with Crippen molar-refractivity contribution in [3.05, 3.63) is 59.7 Å². The lowest BCUT2D eigenvalue weighted by atomic mass is 10.00. The number of ether oxygens (including phenoxy) is 1. The zero-order valence-electron chi connectivity index (χ0n) is 11.9. The van der Waals surface area contributed by atoms with Crippen molar-refractivity contribution in [1.29, 1.82) is 0 Å². The minimum atomic E-state index is -0.0778. The van der Waals surface area contributed by atoms with Crippen LogP contribution >= 0.6 is 0 Å². The molecule has 108 valence electrons. The Morgan fingerprint density at radius 3 is 2.90 bits per heavy atom. The maximum atomic E-state index is 11.7. The number of carbonyl (C=O) groups is 1. The fraction of sp³-hybridized carbons (Fsp3) is 0.235. The monoisotopic (exact) mass is 282 g/mol. The summed E-state index contributed by atoms with van der Waals surface area (Å²) in [4.78, 5) is 11.7. The van der Waals surface area contributed by atoms with E-state index in [4.69, 9.17) is 4.74 Å². The fourth-order valence-electron chi connectivity index (χ4n) is 2.59. The second-order valence-electron chi connectivity index (χ2n) is 5.03. The Hall–Kier alpha value is -2.49. The number of para-hydroxylation sites is 1. The van der Waals surface area contributed by atoms with E-state index in [0.717, 1.165) is 23.4 Å². The number of amides is 1. The van der Waals surface area contributed by atoms with Gasteiger partial charge < -0.3 is 15.4 Å². The molecule has 0 bridgehead atoms. The lowest BCUT2D eigenvalue weighted by Gasteiger charge is -2.27. The predicted molar refractivity (Wildman–Crippen MR) is 82.7 cm³/mol. The van der Waals surface area contributed by atoms with Crippen LogP contribution in [0.15, 0.2) is 48.5 Å². The van der Waals surface area contributed by atoms with Crippen LogP contribution < -0.4 is 15.4 Å². The summed E-state index contributed by atoms with van der Waals surface area (Å²) >= 11 is 0. The van der Waals surface area contributed by atoms with Crippen LogP contribution in [0.3, 0.4) is 0 Å². The zero-order valence-corrected chi connectivity index (χ0v) is 11.9. The quantitative estimate of drug-likeness (QED) is 0.910. The fourth-order valence-corrected chi connectivity index (χ4v) is 2.59. The number of fused-ring (bicyclic) bond motifs is 1. The van der Waals surface area contributed by atoms with Gasteiger partial charge in [0.1, 0.15) is 5.75 Å². The van der Waals surface area contributed by atoms with Crippen LogP contribution in [0, 0.1) is 0 Å². The minimum absolute atomic E-state index is 0.0778. The van der Waals surface area contributed by atoms with E-state index in [9.17, 15) is 4.79 Å². The highest BCUT2D eigenvalue weighted by atomic mass is 16.5. The van der Waals surface area contributed by atoms with E-state index < -0.39 is 0 Å². The summed E-state index contributed by atoms with van der Waals surface area (Å²) in [7, 11) is 1.64. The van der Waals surface area contributed by atoms with Gasteiger partial charge in [-0.15, -0.1) is 0 Å². The lowest BCUT2D eigenvalue weighted by molar-refractivity contribution is 0.0963. The first kappa shape index (κ1) is 13.5. The van der Waals surface area contributed by atoms with Gasteiger partial charge in [-0.25, -0.2) is 0 Å². The third kappa shape index (κ3) is 2.84. The lowest BCUT2D eigenvalue weighted by Crippen LogP contribution is -2.21. The van der Waals surface area contributed by atoms with Gasteiger partial charge in [-0.3, -0.25) is 4.79 Å². The molecule has 0 aromatic heterocycles. The summed E-state index contributed by atoms with van der Waals surface area (Å²) in [6.07, 6.45) is 0.904. The van der Waals surface area contributed by atoms with Gasteiger partial charge in [0.25, 0.3) is 5.91 Å². The first-order chi connectivity index (χ1) is 10.3. The number of carbonyl (C=O) groups excluding carboxylic acids is 1. The molecule has 2 aromatic rings. The van der Waals surface area contributed by atoms with Crippen LogP contribution in [0.4, 0.5) is 5.69 Å². The molecule has 4 heteroatoms. The Kier molecular flexibility index (Phi) is 3.77. The molecule has 0 radical (unpaired) electrons. The molecule has 0 aliphatic carbocycles. The second kappa shape index (κ2) is 5.87. The molecule has 1 unspecified atom stereocenters. The molecule has 1 atom stereocenters. The van der Waals surface area contributed by atoms with Crippen LogP contribution in [0.2, 0.25) is 0 Å². The summed E-state index contributed by atoms with van der Waals surface area (Å²) in [6.45, 7) is 0.698. The highest BCUT2D eigenvalue weighted by molar-refractivity contribution is 5.94. The zero-order chi connectivity index (χ0) is 14.7. The second-order valence-corrected chi connectivity index (χ2v) is 5.03. The molecule has 4 nitrogen and oxygen atoms in total. The van der Waals surface area contributed by atoms with Crippen LogP contribution in [-0.2, 0) is 0 Å². The number of hydrogen-bond donors (Lipinski definition) is 2. The third-order valence-electron chi connectivity index (χ3n) is 3.65. The van der Waals surface area contributed by atoms with Crippen molar-refractivity contribution in [2.75, 3.05) is 19.0 Å². The molecule has 0 fully saturated rings. The van der Waals surface area contributed by atoms with E-state index in [-0.39, 0.29) is 11.9 Å². The summed E-state index contributed by atoms with van der Waals surface area (Å²) in [5.74, 6) is 0.856. The Balaban J connectivity index is 1.83. The van der Waals surface area contributed by atoms with E-state index in [1.165, 1.54) is 0 Å². The molecular weight excluding hydrogens is 264 g/mol. The molecular formula is C17H18N2O2. The van der Waals surface area contributed by atoms with E-state index in [2.05, 4.69) is 16.7 Å². The molecule has 2 N–H and O–H groups in total. The summed E-state index contributed by atoms with van der Waals surface area (Å²) in [6, 6.07) is 15.8. The van der Waals surface area contributed by atoms with Crippen LogP contribution in [0.5, 0.6) is 5.75 Å². The summed E-state index contributed by atoms with van der Waals surface area (Å²) in [5, 5.41) is 6.14. The number of benzene rings is 2. The van der Waals surface area contributed by atoms with Crippen LogP contribution in [-0.4, -0.2) is 19.6 Å². The minimum Gasteiger partial charge on any atom is -0.493 e. The number of hydrogen-bond acceptors (Lipinski definition) is 3. The van der Waals surface area contributed by atoms with E-state index in [0.29, 0.717) is 12.2 Å². The Labute approximate surface area is 124 Å². The van der Waals surface area contributed by atoms with Crippen molar-refractivity contribution in [2.45, 2.75) is 12.5 Å². The third-order valence-corrected chi connectivity index (χ3v) is 3.65.